The molecule has 1 aromatic rings. The summed E-state index contributed by atoms with van der Waals surface area (Å²) >= 11 is 0. The summed E-state index contributed by atoms with van der Waals surface area (Å²) in [4.78, 5) is 10.1. The average molecular weight is 311 g/mol. The number of fused-ring (bicyclic) bond motifs is 2. The molecule has 0 aromatic heterocycles. The fraction of sp³-hybridized carbons (Fsp3) is 0.538. The summed E-state index contributed by atoms with van der Waals surface area (Å²) in [7, 11) is -3.62. The lowest BCUT2D eigenvalue weighted by Gasteiger charge is -2.29. The third-order valence-corrected chi connectivity index (χ3v) is 5.69. The minimum Gasteiger partial charge on any atom is -0.311 e. The molecule has 0 amide bonds. The van der Waals surface area contributed by atoms with Crippen molar-refractivity contribution in [2.24, 2.45) is 0 Å². The number of benzene rings is 1. The maximum atomic E-state index is 12.3. The zero-order valence-corrected chi connectivity index (χ0v) is 12.2. The quantitative estimate of drug-likeness (QED) is 0.642. The van der Waals surface area contributed by atoms with Crippen LogP contribution in [0.15, 0.2) is 29.2 Å². The maximum Gasteiger partial charge on any atom is 0.269 e. The summed E-state index contributed by atoms with van der Waals surface area (Å²) < 4.78 is 27.4. The molecule has 7 nitrogen and oxygen atoms in total. The van der Waals surface area contributed by atoms with Gasteiger partial charge in [-0.05, 0) is 37.8 Å². The highest BCUT2D eigenvalue weighted by molar-refractivity contribution is 7.89. The standard InChI is InChI=1S/C13H17N3O4S/c17-16(18)12-3-5-13(6-4-12)21(19,20)15-11-7-9-1-2-10(8-11)14-9/h3-6,9-11,14-15H,1-2,7-8H2. The summed E-state index contributed by atoms with van der Waals surface area (Å²) in [5, 5.41) is 14.0. The minimum atomic E-state index is -3.62. The van der Waals surface area contributed by atoms with Crippen LogP contribution < -0.4 is 10.0 Å². The van der Waals surface area contributed by atoms with E-state index in [4.69, 9.17) is 0 Å². The number of nitrogens with one attached hydrogen (secondary N) is 2. The summed E-state index contributed by atoms with van der Waals surface area (Å²) in [5.41, 5.74) is -0.117. The summed E-state index contributed by atoms with van der Waals surface area (Å²) in [6, 6.07) is 5.69. The van der Waals surface area contributed by atoms with Gasteiger partial charge >= 0.3 is 0 Å². The highest BCUT2D eigenvalue weighted by atomic mass is 32.2. The maximum absolute atomic E-state index is 12.3. The second kappa shape index (κ2) is 5.36. The Hall–Kier alpha value is -1.51. The van der Waals surface area contributed by atoms with E-state index in [-0.39, 0.29) is 16.6 Å². The van der Waals surface area contributed by atoms with Crippen LogP contribution in [0, 0.1) is 10.1 Å². The van der Waals surface area contributed by atoms with Crippen molar-refractivity contribution in [3.8, 4) is 0 Å². The van der Waals surface area contributed by atoms with E-state index in [0.29, 0.717) is 12.1 Å². The molecule has 2 bridgehead atoms. The first-order chi connectivity index (χ1) is 9.94. The van der Waals surface area contributed by atoms with Crippen molar-refractivity contribution >= 4 is 15.7 Å². The predicted molar refractivity (Wildman–Crippen MR) is 76.4 cm³/mol. The van der Waals surface area contributed by atoms with Crippen LogP contribution in [0.5, 0.6) is 0 Å². The third-order valence-electron chi connectivity index (χ3n) is 4.15. The Kier molecular flexibility index (Phi) is 3.68. The van der Waals surface area contributed by atoms with E-state index in [1.807, 2.05) is 0 Å². The molecule has 1 aromatic carbocycles. The molecule has 2 unspecified atom stereocenters. The van der Waals surface area contributed by atoms with Crippen LogP contribution in [0.4, 0.5) is 5.69 Å². The van der Waals surface area contributed by atoms with Gasteiger partial charge in [-0.15, -0.1) is 0 Å². The minimum absolute atomic E-state index is 0.0658. The van der Waals surface area contributed by atoms with Crippen molar-refractivity contribution in [2.75, 3.05) is 0 Å². The Bertz CT molecular complexity index is 632. The van der Waals surface area contributed by atoms with Crippen LogP contribution >= 0.6 is 0 Å². The summed E-state index contributed by atoms with van der Waals surface area (Å²) in [6.45, 7) is 0. The van der Waals surface area contributed by atoms with Gasteiger partial charge in [-0.3, -0.25) is 10.1 Å². The van der Waals surface area contributed by atoms with Gasteiger partial charge in [0.15, 0.2) is 0 Å². The highest BCUT2D eigenvalue weighted by Crippen LogP contribution is 2.27. The van der Waals surface area contributed by atoms with E-state index in [9.17, 15) is 18.5 Å². The molecule has 3 rings (SSSR count). The first kappa shape index (κ1) is 14.4. The lowest BCUT2D eigenvalue weighted by molar-refractivity contribution is -0.384. The molecular formula is C13H17N3O4S. The lowest BCUT2D eigenvalue weighted by atomic mass is 10.0. The van der Waals surface area contributed by atoms with Crippen molar-refractivity contribution < 1.29 is 13.3 Å². The Labute approximate surface area is 122 Å². The van der Waals surface area contributed by atoms with Gasteiger partial charge in [-0.2, -0.15) is 0 Å². The largest absolute Gasteiger partial charge is 0.311 e. The SMILES string of the molecule is O=[N+]([O-])c1ccc(S(=O)(=O)NC2CC3CCC(C2)N3)cc1. The zero-order chi connectivity index (χ0) is 15.0. The molecule has 0 spiro atoms. The smallest absolute Gasteiger partial charge is 0.269 e. The van der Waals surface area contributed by atoms with Crippen LogP contribution in [-0.4, -0.2) is 31.5 Å². The Morgan fingerprint density at radius 3 is 2.24 bits per heavy atom. The molecule has 2 heterocycles. The van der Waals surface area contributed by atoms with Gasteiger partial charge in [-0.1, -0.05) is 0 Å². The fourth-order valence-electron chi connectivity index (χ4n) is 3.19. The van der Waals surface area contributed by atoms with E-state index in [1.54, 1.807) is 0 Å². The van der Waals surface area contributed by atoms with Crippen molar-refractivity contribution in [2.45, 2.75) is 48.7 Å². The molecule has 2 atom stereocenters. The highest BCUT2D eigenvalue weighted by Gasteiger charge is 2.35. The number of non-ortho nitro benzene ring substituents is 1. The number of piperidine rings is 1. The van der Waals surface area contributed by atoms with E-state index in [0.717, 1.165) is 25.7 Å². The second-order valence-corrected chi connectivity index (χ2v) is 7.39. The van der Waals surface area contributed by atoms with Gasteiger partial charge in [0.2, 0.25) is 10.0 Å². The molecule has 2 N–H and O–H groups in total. The number of nitro groups is 1. The molecule has 0 radical (unpaired) electrons. The molecule has 2 fully saturated rings. The van der Waals surface area contributed by atoms with E-state index in [2.05, 4.69) is 10.0 Å². The van der Waals surface area contributed by atoms with Gasteiger partial charge < -0.3 is 5.32 Å². The Morgan fingerprint density at radius 1 is 1.14 bits per heavy atom. The fourth-order valence-corrected chi connectivity index (χ4v) is 4.45. The monoisotopic (exact) mass is 311 g/mol. The molecule has 8 heteroatoms. The van der Waals surface area contributed by atoms with Crippen molar-refractivity contribution in [1.82, 2.24) is 10.0 Å². The summed E-state index contributed by atoms with van der Waals surface area (Å²) in [5.74, 6) is 0. The number of hydrogen-bond donors (Lipinski definition) is 2. The molecule has 2 saturated heterocycles. The number of sulfonamides is 1. The summed E-state index contributed by atoms with van der Waals surface area (Å²) in [6.07, 6.45) is 3.78. The van der Waals surface area contributed by atoms with Crippen molar-refractivity contribution in [1.29, 1.82) is 0 Å². The number of rotatable bonds is 4. The predicted octanol–water partition coefficient (Wildman–Crippen LogP) is 1.16. The van der Waals surface area contributed by atoms with Crippen LogP contribution in [0.3, 0.4) is 0 Å². The molecule has 2 aliphatic rings. The molecule has 2 aliphatic heterocycles. The number of nitrogens with zero attached hydrogens (tertiary/aromatic N) is 1. The number of nitro benzene ring substituents is 1. The van der Waals surface area contributed by atoms with Gasteiger partial charge in [0.1, 0.15) is 0 Å². The second-order valence-electron chi connectivity index (χ2n) is 5.68. The topological polar surface area (TPSA) is 101 Å². The Balaban J connectivity index is 1.73. The molecule has 0 saturated carbocycles. The van der Waals surface area contributed by atoms with Gasteiger partial charge in [-0.25, -0.2) is 13.1 Å². The zero-order valence-electron chi connectivity index (χ0n) is 11.4. The van der Waals surface area contributed by atoms with Gasteiger partial charge in [0, 0.05) is 30.3 Å². The van der Waals surface area contributed by atoms with E-state index in [1.165, 1.54) is 24.3 Å². The lowest BCUT2D eigenvalue weighted by Crippen LogP contribution is -2.47. The van der Waals surface area contributed by atoms with Crippen molar-refractivity contribution in [3.63, 3.8) is 0 Å². The van der Waals surface area contributed by atoms with E-state index >= 15 is 0 Å². The normalized spacial score (nSPS) is 28.5. The van der Waals surface area contributed by atoms with Crippen LogP contribution in [-0.2, 0) is 10.0 Å². The first-order valence-corrected chi connectivity index (χ1v) is 8.45. The van der Waals surface area contributed by atoms with Crippen LogP contribution in [0.1, 0.15) is 25.7 Å². The van der Waals surface area contributed by atoms with Crippen molar-refractivity contribution in [3.05, 3.63) is 34.4 Å². The van der Waals surface area contributed by atoms with Crippen LogP contribution in [0.25, 0.3) is 0 Å². The average Bonchev–Trinajstić information content (AvgIpc) is 2.77. The van der Waals surface area contributed by atoms with Gasteiger partial charge in [0.25, 0.3) is 5.69 Å². The number of hydrogen-bond acceptors (Lipinski definition) is 5. The molecule has 0 aliphatic carbocycles. The first-order valence-electron chi connectivity index (χ1n) is 6.97. The third kappa shape index (κ3) is 3.07. The van der Waals surface area contributed by atoms with Crippen LogP contribution in [0.2, 0.25) is 0 Å². The Morgan fingerprint density at radius 2 is 1.71 bits per heavy atom. The molecular weight excluding hydrogens is 294 g/mol. The van der Waals surface area contributed by atoms with E-state index < -0.39 is 14.9 Å². The molecule has 21 heavy (non-hydrogen) atoms. The molecule has 114 valence electrons. The van der Waals surface area contributed by atoms with Gasteiger partial charge in [0.05, 0.1) is 9.82 Å².